The fraction of sp³-hybridized carbons (Fsp3) is 0.211. The van der Waals surface area contributed by atoms with Crippen molar-refractivity contribution in [1.82, 2.24) is 4.57 Å². The van der Waals surface area contributed by atoms with E-state index >= 15 is 0 Å². The Morgan fingerprint density at radius 3 is 2.52 bits per heavy atom. The van der Waals surface area contributed by atoms with Crippen molar-refractivity contribution >= 4 is 16.9 Å². The summed E-state index contributed by atoms with van der Waals surface area (Å²) in [5.41, 5.74) is 4.12. The van der Waals surface area contributed by atoms with Gasteiger partial charge in [0.2, 0.25) is 0 Å². The summed E-state index contributed by atoms with van der Waals surface area (Å²) in [6.07, 6.45) is 0.902. The summed E-state index contributed by atoms with van der Waals surface area (Å²) in [5, 5.41) is 1.11. The summed E-state index contributed by atoms with van der Waals surface area (Å²) >= 11 is 0. The van der Waals surface area contributed by atoms with Gasteiger partial charge in [-0.05, 0) is 47.9 Å². The molecule has 0 aliphatic heterocycles. The maximum atomic E-state index is 13.2. The average Bonchev–Trinajstić information content (AvgIpc) is 2.86. The molecule has 0 unspecified atom stereocenters. The third-order valence-electron chi connectivity index (χ3n) is 4.14. The quantitative estimate of drug-likeness (QED) is 0.680. The van der Waals surface area contributed by atoms with E-state index in [0.717, 1.165) is 27.7 Å². The van der Waals surface area contributed by atoms with E-state index in [9.17, 15) is 9.18 Å². The molecule has 0 spiro atoms. The largest absolute Gasteiger partial charge is 0.469 e. The van der Waals surface area contributed by atoms with E-state index in [1.54, 1.807) is 12.1 Å². The number of hydrogen-bond acceptors (Lipinski definition) is 2. The van der Waals surface area contributed by atoms with Crippen LogP contribution in [0.25, 0.3) is 22.2 Å². The van der Waals surface area contributed by atoms with E-state index in [1.807, 2.05) is 25.2 Å². The molecule has 23 heavy (non-hydrogen) atoms. The number of nitrogens with zero attached hydrogens (tertiary/aromatic N) is 1. The van der Waals surface area contributed by atoms with Crippen molar-refractivity contribution in [3.05, 3.63) is 59.9 Å². The molecule has 0 aliphatic rings. The summed E-state index contributed by atoms with van der Waals surface area (Å²) in [6, 6.07) is 14.5. The molecular weight excluding hydrogens is 293 g/mol. The van der Waals surface area contributed by atoms with Gasteiger partial charge in [-0.15, -0.1) is 0 Å². The molecule has 0 saturated carbocycles. The lowest BCUT2D eigenvalue weighted by molar-refractivity contribution is -0.140. The van der Waals surface area contributed by atoms with Gasteiger partial charge in [0.05, 0.1) is 12.8 Å². The summed E-state index contributed by atoms with van der Waals surface area (Å²) in [5.74, 6) is -0.494. The smallest absolute Gasteiger partial charge is 0.305 e. The van der Waals surface area contributed by atoms with Crippen LogP contribution in [0.15, 0.2) is 48.5 Å². The van der Waals surface area contributed by atoms with Crippen LogP contribution in [0.3, 0.4) is 0 Å². The molecule has 0 saturated heterocycles. The van der Waals surface area contributed by atoms with Crippen LogP contribution in [0.5, 0.6) is 0 Å². The Hall–Kier alpha value is -2.62. The van der Waals surface area contributed by atoms with Crippen molar-refractivity contribution in [2.75, 3.05) is 7.11 Å². The van der Waals surface area contributed by atoms with Gasteiger partial charge in [-0.3, -0.25) is 4.79 Å². The zero-order chi connectivity index (χ0) is 16.4. The first kappa shape index (κ1) is 15.3. The van der Waals surface area contributed by atoms with Gasteiger partial charge >= 0.3 is 5.97 Å². The number of esters is 1. The number of ether oxygens (including phenoxy) is 1. The predicted molar refractivity (Wildman–Crippen MR) is 88.7 cm³/mol. The molecule has 0 aliphatic carbocycles. The number of aryl methyl sites for hydroxylation is 2. The number of hydrogen-bond donors (Lipinski definition) is 0. The average molecular weight is 311 g/mol. The van der Waals surface area contributed by atoms with Crippen molar-refractivity contribution in [1.29, 1.82) is 0 Å². The molecule has 3 rings (SSSR count). The van der Waals surface area contributed by atoms with E-state index in [-0.39, 0.29) is 11.8 Å². The summed E-state index contributed by atoms with van der Waals surface area (Å²) < 4.78 is 20.1. The van der Waals surface area contributed by atoms with Crippen LogP contribution in [0.1, 0.15) is 12.0 Å². The highest BCUT2D eigenvalue weighted by atomic mass is 19.1. The van der Waals surface area contributed by atoms with Gasteiger partial charge in [0.1, 0.15) is 5.82 Å². The first-order chi connectivity index (χ1) is 11.1. The molecule has 1 heterocycles. The molecule has 1 aromatic heterocycles. The lowest BCUT2D eigenvalue weighted by Gasteiger charge is -2.08. The Balaban J connectivity index is 2.16. The highest BCUT2D eigenvalue weighted by molar-refractivity contribution is 5.92. The van der Waals surface area contributed by atoms with Crippen LogP contribution in [0, 0.1) is 5.82 Å². The summed E-state index contributed by atoms with van der Waals surface area (Å²) in [6.45, 7) is 0. The number of aromatic nitrogens is 1. The van der Waals surface area contributed by atoms with E-state index in [2.05, 4.69) is 10.6 Å². The number of methoxy groups -OCH3 is 1. The number of carbonyl (C=O) groups is 1. The Morgan fingerprint density at radius 2 is 1.83 bits per heavy atom. The second kappa shape index (κ2) is 6.24. The highest BCUT2D eigenvalue weighted by Gasteiger charge is 2.17. The zero-order valence-corrected chi connectivity index (χ0v) is 13.2. The summed E-state index contributed by atoms with van der Waals surface area (Å²) in [7, 11) is 3.38. The van der Waals surface area contributed by atoms with Crippen LogP contribution >= 0.6 is 0 Å². The third kappa shape index (κ3) is 2.84. The number of benzene rings is 2. The second-order valence-electron chi connectivity index (χ2n) is 5.49. The highest BCUT2D eigenvalue weighted by Crippen LogP contribution is 2.34. The minimum atomic E-state index is -0.261. The van der Waals surface area contributed by atoms with Crippen LogP contribution in [-0.4, -0.2) is 17.6 Å². The van der Waals surface area contributed by atoms with Gasteiger partial charge < -0.3 is 9.30 Å². The maximum Gasteiger partial charge on any atom is 0.305 e. The fourth-order valence-electron chi connectivity index (χ4n) is 3.03. The Kier molecular flexibility index (Phi) is 4.15. The van der Waals surface area contributed by atoms with Crippen molar-refractivity contribution in [2.24, 2.45) is 7.05 Å². The van der Waals surface area contributed by atoms with Crippen molar-refractivity contribution in [2.45, 2.75) is 12.8 Å². The first-order valence-corrected chi connectivity index (χ1v) is 7.51. The zero-order valence-electron chi connectivity index (χ0n) is 13.2. The lowest BCUT2D eigenvalue weighted by atomic mass is 10.0. The van der Waals surface area contributed by atoms with E-state index in [1.165, 1.54) is 19.2 Å². The number of halogens is 1. The topological polar surface area (TPSA) is 31.2 Å². The lowest BCUT2D eigenvalue weighted by Crippen LogP contribution is -2.03. The van der Waals surface area contributed by atoms with Crippen LogP contribution < -0.4 is 0 Å². The molecule has 0 amide bonds. The molecule has 3 aromatic rings. The predicted octanol–water partition coefficient (Wildman–Crippen LogP) is 4.09. The van der Waals surface area contributed by atoms with E-state index in [4.69, 9.17) is 4.74 Å². The monoisotopic (exact) mass is 311 g/mol. The van der Waals surface area contributed by atoms with Gasteiger partial charge in [0.25, 0.3) is 0 Å². The fourth-order valence-corrected chi connectivity index (χ4v) is 3.03. The van der Waals surface area contributed by atoms with Gasteiger partial charge in [0, 0.05) is 24.4 Å². The maximum absolute atomic E-state index is 13.2. The van der Waals surface area contributed by atoms with Gasteiger partial charge in [0.15, 0.2) is 0 Å². The number of rotatable bonds is 4. The molecule has 0 N–H and O–H groups in total. The molecule has 0 bridgehead atoms. The minimum Gasteiger partial charge on any atom is -0.469 e. The van der Waals surface area contributed by atoms with Gasteiger partial charge in [-0.1, -0.05) is 18.2 Å². The molecule has 0 radical (unpaired) electrons. The van der Waals surface area contributed by atoms with Crippen LogP contribution in [0.2, 0.25) is 0 Å². The number of carbonyl (C=O) groups excluding carboxylic acids is 1. The molecule has 2 aromatic carbocycles. The molecule has 3 nitrogen and oxygen atoms in total. The van der Waals surface area contributed by atoms with Crippen LogP contribution in [-0.2, 0) is 23.0 Å². The van der Waals surface area contributed by atoms with Crippen molar-refractivity contribution in [3.8, 4) is 11.3 Å². The van der Waals surface area contributed by atoms with Crippen molar-refractivity contribution in [3.63, 3.8) is 0 Å². The normalized spacial score (nSPS) is 10.9. The van der Waals surface area contributed by atoms with Crippen LogP contribution in [0.4, 0.5) is 4.39 Å². The summed E-state index contributed by atoms with van der Waals surface area (Å²) in [4.78, 5) is 11.5. The van der Waals surface area contributed by atoms with Gasteiger partial charge in [-0.2, -0.15) is 0 Å². The minimum absolute atomic E-state index is 0.233. The van der Waals surface area contributed by atoms with Crippen molar-refractivity contribution < 1.29 is 13.9 Å². The number of fused-ring (bicyclic) bond motifs is 1. The van der Waals surface area contributed by atoms with E-state index in [0.29, 0.717) is 12.8 Å². The molecule has 118 valence electrons. The molecule has 0 atom stereocenters. The second-order valence-corrected chi connectivity index (χ2v) is 5.49. The SMILES string of the molecule is COC(=O)CCc1c(-c2ccc(F)cc2)n(C)c2ccccc12. The Bertz CT molecular complexity index is 850. The van der Waals surface area contributed by atoms with E-state index < -0.39 is 0 Å². The van der Waals surface area contributed by atoms with Gasteiger partial charge in [-0.25, -0.2) is 4.39 Å². The standard InChI is InChI=1S/C19H18FNO2/c1-21-17-6-4-3-5-15(17)16(11-12-18(22)23-2)19(21)13-7-9-14(20)10-8-13/h3-10H,11-12H2,1-2H3. The number of para-hydroxylation sites is 1. The molecule has 0 fully saturated rings. The molecule has 4 heteroatoms. The third-order valence-corrected chi connectivity index (χ3v) is 4.14. The molecular formula is C19H18FNO2. The first-order valence-electron chi connectivity index (χ1n) is 7.51. The Morgan fingerprint density at radius 1 is 1.13 bits per heavy atom. The Labute approximate surface area is 134 Å².